The number of hydrogen-bond acceptors (Lipinski definition) is 7. The summed E-state index contributed by atoms with van der Waals surface area (Å²) in [6.07, 6.45) is 10.1. The lowest BCUT2D eigenvalue weighted by Crippen LogP contribution is -2.33. The molecule has 1 saturated carbocycles. The molecule has 0 spiro atoms. The van der Waals surface area contributed by atoms with Gasteiger partial charge in [0.15, 0.2) is 0 Å². The van der Waals surface area contributed by atoms with Crippen molar-refractivity contribution in [3.63, 3.8) is 0 Å². The topological polar surface area (TPSA) is 153 Å². The molecule has 1 aliphatic carbocycles. The van der Waals surface area contributed by atoms with Crippen molar-refractivity contribution in [1.29, 1.82) is 0 Å². The highest BCUT2D eigenvalue weighted by Crippen LogP contribution is 2.34. The van der Waals surface area contributed by atoms with E-state index < -0.39 is 5.82 Å². The molecule has 3 aromatic heterocycles. The molecule has 10 nitrogen and oxygen atoms in total. The number of rotatable bonds is 7. The van der Waals surface area contributed by atoms with Crippen molar-refractivity contribution in [1.82, 2.24) is 14.6 Å². The minimum atomic E-state index is -0.442. The van der Waals surface area contributed by atoms with Gasteiger partial charge < -0.3 is 26.6 Å². The third-order valence-corrected chi connectivity index (χ3v) is 7.36. The van der Waals surface area contributed by atoms with Crippen molar-refractivity contribution in [3.8, 4) is 17.0 Å². The number of aliphatic imine (C=N–C) groups is 1. The van der Waals surface area contributed by atoms with Crippen molar-refractivity contribution in [2.45, 2.75) is 51.1 Å². The van der Waals surface area contributed by atoms with Crippen LogP contribution in [0, 0.1) is 5.82 Å². The summed E-state index contributed by atoms with van der Waals surface area (Å²) in [6, 6.07) is 8.46. The number of aromatic nitrogens is 3. The van der Waals surface area contributed by atoms with E-state index in [2.05, 4.69) is 33.4 Å². The Kier molecular flexibility index (Phi) is 9.74. The maximum absolute atomic E-state index is 13.9. The highest BCUT2D eigenvalue weighted by atomic mass is 35.5. The lowest BCUT2D eigenvalue weighted by Gasteiger charge is -2.28. The van der Waals surface area contributed by atoms with E-state index >= 15 is 0 Å². The normalized spacial score (nSPS) is 17.0. The fraction of sp³-hybridized carbons (Fsp3) is 0.310. The van der Waals surface area contributed by atoms with Gasteiger partial charge in [-0.05, 0) is 61.4 Å². The molecule has 0 radical (unpaired) electrons. The zero-order valence-corrected chi connectivity index (χ0v) is 23.6. The molecule has 0 aliphatic heterocycles. The number of amidine groups is 1. The summed E-state index contributed by atoms with van der Waals surface area (Å²) in [5.74, 6) is 0.286. The minimum Gasteiger partial charge on any atom is -0.483 e. The largest absolute Gasteiger partial charge is 0.483 e. The first kappa shape index (κ1) is 29.8. The summed E-state index contributed by atoms with van der Waals surface area (Å²) in [5.41, 5.74) is 18.3. The van der Waals surface area contributed by atoms with Crippen LogP contribution in [0.1, 0.15) is 43.7 Å². The summed E-state index contributed by atoms with van der Waals surface area (Å²) >= 11 is 6.26. The maximum atomic E-state index is 13.9. The van der Waals surface area contributed by atoms with Gasteiger partial charge in [-0.3, -0.25) is 4.79 Å². The van der Waals surface area contributed by atoms with Crippen molar-refractivity contribution < 1.29 is 19.0 Å². The molecule has 0 unspecified atom stereocenters. The lowest BCUT2D eigenvalue weighted by atomic mass is 9.91. The van der Waals surface area contributed by atoms with Gasteiger partial charge in [0.1, 0.15) is 11.7 Å². The third kappa shape index (κ3) is 6.93. The molecule has 4 aromatic rings. The number of methoxy groups -OCH3 is 1. The van der Waals surface area contributed by atoms with Crippen LogP contribution in [0.3, 0.4) is 0 Å². The fourth-order valence-electron chi connectivity index (χ4n) is 4.91. The van der Waals surface area contributed by atoms with Crippen LogP contribution in [-0.2, 0) is 11.2 Å². The molecule has 0 saturated heterocycles. The molecule has 216 valence electrons. The Morgan fingerprint density at radius 1 is 1.27 bits per heavy atom. The second-order valence-electron chi connectivity index (χ2n) is 9.68. The monoisotopic (exact) mass is 581 g/mol. The smallest absolute Gasteiger partial charge is 0.290 e. The van der Waals surface area contributed by atoms with Crippen molar-refractivity contribution in [2.24, 2.45) is 16.5 Å². The van der Waals surface area contributed by atoms with Gasteiger partial charge in [-0.15, -0.1) is 0 Å². The Bertz CT molecular complexity index is 1550. The predicted octanol–water partition coefficient (Wildman–Crippen LogP) is 5.18. The van der Waals surface area contributed by atoms with Crippen LogP contribution in [0.15, 0.2) is 53.9 Å². The second-order valence-corrected chi connectivity index (χ2v) is 10.1. The molecular weight excluding hydrogens is 549 g/mol. The number of fused-ring (bicyclic) bond motifs is 1. The van der Waals surface area contributed by atoms with E-state index in [-0.39, 0.29) is 30.1 Å². The molecule has 1 aliphatic rings. The van der Waals surface area contributed by atoms with E-state index in [0.29, 0.717) is 16.5 Å². The van der Waals surface area contributed by atoms with Crippen LogP contribution in [0.5, 0.6) is 5.88 Å². The summed E-state index contributed by atoms with van der Waals surface area (Å²) in [5, 5.41) is 15.5. The molecule has 12 heteroatoms. The number of nitrogens with one attached hydrogen (secondary N) is 1. The van der Waals surface area contributed by atoms with Crippen LogP contribution in [0.4, 0.5) is 15.8 Å². The van der Waals surface area contributed by atoms with Gasteiger partial charge in [0.05, 0.1) is 40.8 Å². The number of benzene rings is 1. The molecule has 3 heterocycles. The average molecular weight is 582 g/mol. The number of carboxylic acid groups (broad SMARTS) is 1. The van der Waals surface area contributed by atoms with Crippen LogP contribution in [-0.4, -0.2) is 51.2 Å². The summed E-state index contributed by atoms with van der Waals surface area (Å²) in [6.45, 7) is 1.84. The summed E-state index contributed by atoms with van der Waals surface area (Å²) < 4.78 is 21.1. The zero-order valence-electron chi connectivity index (χ0n) is 22.8. The van der Waals surface area contributed by atoms with Crippen molar-refractivity contribution in [2.75, 3.05) is 12.4 Å². The highest BCUT2D eigenvalue weighted by Gasteiger charge is 2.23. The Hall–Kier alpha value is -4.22. The molecule has 41 heavy (non-hydrogen) atoms. The first-order valence-electron chi connectivity index (χ1n) is 13.2. The zero-order chi connectivity index (χ0) is 29.5. The molecule has 1 aromatic carbocycles. The number of hydrogen-bond donors (Lipinski definition) is 4. The lowest BCUT2D eigenvalue weighted by molar-refractivity contribution is -0.122. The number of nitrogens with zero attached hydrogens (tertiary/aromatic N) is 4. The van der Waals surface area contributed by atoms with Crippen LogP contribution in [0.2, 0.25) is 5.02 Å². The molecule has 6 N–H and O–H groups in total. The molecule has 0 atom stereocenters. The van der Waals surface area contributed by atoms with Crippen LogP contribution in [0.25, 0.3) is 16.6 Å². The molecule has 1 fully saturated rings. The third-order valence-electron chi connectivity index (χ3n) is 7.04. The van der Waals surface area contributed by atoms with E-state index in [4.69, 9.17) is 37.7 Å². The number of pyridine rings is 1. The summed E-state index contributed by atoms with van der Waals surface area (Å²) in [7, 11) is 1.60. The Morgan fingerprint density at radius 3 is 2.68 bits per heavy atom. The van der Waals surface area contributed by atoms with E-state index in [0.717, 1.165) is 60.0 Å². The number of nitrogens with two attached hydrogens (primary N) is 2. The van der Waals surface area contributed by atoms with Gasteiger partial charge in [-0.25, -0.2) is 18.9 Å². The van der Waals surface area contributed by atoms with Crippen molar-refractivity contribution in [3.05, 3.63) is 70.9 Å². The van der Waals surface area contributed by atoms with Gasteiger partial charge in [-0.1, -0.05) is 18.5 Å². The maximum Gasteiger partial charge on any atom is 0.290 e. The molecule has 0 bridgehead atoms. The number of ether oxygens (including phenoxy) is 1. The van der Waals surface area contributed by atoms with E-state index in [1.807, 2.05) is 23.0 Å². The molecular formula is C29H33ClFN7O3. The van der Waals surface area contributed by atoms with Crippen LogP contribution >= 0.6 is 11.6 Å². The average Bonchev–Trinajstić information content (AvgIpc) is 3.41. The van der Waals surface area contributed by atoms with Gasteiger partial charge in [0, 0.05) is 42.2 Å². The van der Waals surface area contributed by atoms with Gasteiger partial charge in [-0.2, -0.15) is 5.10 Å². The van der Waals surface area contributed by atoms with Crippen molar-refractivity contribution >= 4 is 40.8 Å². The quantitative estimate of drug-likeness (QED) is 0.132. The molecule has 5 rings (SSSR count). The highest BCUT2D eigenvalue weighted by molar-refractivity contribution is 6.33. The first-order chi connectivity index (χ1) is 19.8. The van der Waals surface area contributed by atoms with E-state index in [1.165, 1.54) is 18.2 Å². The van der Waals surface area contributed by atoms with Gasteiger partial charge in [0.25, 0.3) is 6.47 Å². The Morgan fingerprint density at radius 2 is 2.00 bits per heavy atom. The Labute approximate surface area is 242 Å². The number of halogens is 2. The van der Waals surface area contributed by atoms with E-state index in [9.17, 15) is 4.39 Å². The number of anilines is 1. The van der Waals surface area contributed by atoms with E-state index in [1.54, 1.807) is 13.3 Å². The standard InChI is InChI=1S/C28H31ClFN7O.CH2O2/c1-3-16-13-33-26(38-2)12-21(16)17-10-25-27(35-20-7-5-19(31)6-8-20)22(14-34-37(25)15-17)28(32)36-24-11-18(30)4-9-23(24)29;2-1-3/h4,9-15,19-20,35H,3,5-8,31H2,1-2H3,(H2,32,36);1H,(H,2,3)/t19-,20-;. The number of carbonyl (C=O) groups is 1. The minimum absolute atomic E-state index is 0.185. The summed E-state index contributed by atoms with van der Waals surface area (Å²) in [4.78, 5) is 17.2. The predicted molar refractivity (Wildman–Crippen MR) is 159 cm³/mol. The van der Waals surface area contributed by atoms with Gasteiger partial charge in [0.2, 0.25) is 5.88 Å². The second kappa shape index (κ2) is 13.4. The first-order valence-corrected chi connectivity index (χ1v) is 13.6. The molecule has 0 amide bonds. The van der Waals surface area contributed by atoms with Crippen LogP contribution < -0.4 is 21.5 Å². The fourth-order valence-corrected chi connectivity index (χ4v) is 5.07. The SMILES string of the molecule is CCc1cnc(OC)cc1-c1cc2c(N[C@H]3CC[C@H](N)CC3)c(C(N)=Nc3cc(F)ccc3Cl)cnn2c1.O=CO. The number of aryl methyl sites for hydroxylation is 1. The Balaban J connectivity index is 0.00000124. The van der Waals surface area contributed by atoms with Gasteiger partial charge >= 0.3 is 0 Å².